The number of hydrogen-bond acceptors (Lipinski definition) is 3. The van der Waals surface area contributed by atoms with Crippen LogP contribution in [-0.2, 0) is 10.0 Å². The summed E-state index contributed by atoms with van der Waals surface area (Å²) in [6.07, 6.45) is 1.88. The maximum absolute atomic E-state index is 12.4. The predicted octanol–water partition coefficient (Wildman–Crippen LogP) is -0.0980. The van der Waals surface area contributed by atoms with Crippen molar-refractivity contribution in [3.63, 3.8) is 0 Å². The van der Waals surface area contributed by atoms with Gasteiger partial charge in [-0.15, -0.1) is 0 Å². The topological polar surface area (TPSA) is 65.9 Å². The molecule has 2 rings (SSSR count). The molecule has 1 aliphatic rings. The van der Waals surface area contributed by atoms with Crippen molar-refractivity contribution in [2.24, 2.45) is 0 Å². The molecule has 1 aliphatic heterocycles. The quantitative estimate of drug-likeness (QED) is 0.621. The van der Waals surface area contributed by atoms with Gasteiger partial charge in [0.05, 0.1) is 32.1 Å². The molecule has 0 atom stereocenters. The molecule has 6 nitrogen and oxygen atoms in total. The van der Waals surface area contributed by atoms with E-state index in [-0.39, 0.29) is 0 Å². The molecule has 3 N–H and O–H groups in total. The Morgan fingerprint density at radius 2 is 1.83 bits per heavy atom. The number of benzene rings is 1. The maximum atomic E-state index is 12.4. The summed E-state index contributed by atoms with van der Waals surface area (Å²) >= 11 is 5.22. The molecule has 1 aromatic carbocycles. The third-order valence-electron chi connectivity index (χ3n) is 3.73. The molecule has 8 heteroatoms. The number of hydrogen-bond donors (Lipinski definition) is 3. The van der Waals surface area contributed by atoms with Gasteiger partial charge in [-0.25, -0.2) is 8.42 Å². The average molecular weight is 358 g/mol. The molecule has 0 spiro atoms. The van der Waals surface area contributed by atoms with Gasteiger partial charge in [-0.1, -0.05) is 0 Å². The number of likely N-dealkylation sites (N-methyl/N-ethyl adjacent to an activating group) is 1. The van der Waals surface area contributed by atoms with Gasteiger partial charge in [-0.3, -0.25) is 0 Å². The number of nitrogens with zero attached hydrogens (tertiary/aromatic N) is 1. The average Bonchev–Trinajstić information content (AvgIpc) is 3.02. The Hall–Kier alpha value is -1.22. The van der Waals surface area contributed by atoms with Crippen molar-refractivity contribution in [1.29, 1.82) is 0 Å². The Bertz CT molecular complexity index is 623. The minimum Gasteiger partial charge on any atom is -0.357 e. The summed E-state index contributed by atoms with van der Waals surface area (Å²) in [5.74, 6) is 0. The van der Waals surface area contributed by atoms with E-state index in [1.54, 1.807) is 28.6 Å². The Morgan fingerprint density at radius 1 is 1.22 bits per heavy atom. The highest BCUT2D eigenvalue weighted by Gasteiger charge is 2.26. The molecule has 0 amide bonds. The van der Waals surface area contributed by atoms with Gasteiger partial charge in [-0.05, 0) is 49.3 Å². The lowest BCUT2D eigenvalue weighted by atomic mass is 10.3. The van der Waals surface area contributed by atoms with E-state index in [0.29, 0.717) is 23.1 Å². The van der Waals surface area contributed by atoms with Crippen LogP contribution in [0.1, 0.15) is 12.8 Å². The molecule has 1 heterocycles. The Morgan fingerprint density at radius 3 is 2.39 bits per heavy atom. The third kappa shape index (κ3) is 5.13. The highest BCUT2D eigenvalue weighted by atomic mass is 32.2. The van der Waals surface area contributed by atoms with Gasteiger partial charge in [-0.2, -0.15) is 4.31 Å². The van der Waals surface area contributed by atoms with E-state index in [0.717, 1.165) is 31.6 Å². The molecule has 0 unspecified atom stereocenters. The van der Waals surface area contributed by atoms with E-state index in [2.05, 4.69) is 24.7 Å². The van der Waals surface area contributed by atoms with Gasteiger partial charge in [0.15, 0.2) is 5.11 Å². The molecule has 0 aromatic heterocycles. The zero-order valence-electron chi connectivity index (χ0n) is 13.6. The zero-order valence-corrected chi connectivity index (χ0v) is 15.3. The minimum absolute atomic E-state index is 0.333. The first-order valence-corrected chi connectivity index (χ1v) is 9.68. The Labute approximate surface area is 143 Å². The highest BCUT2D eigenvalue weighted by molar-refractivity contribution is 7.89. The first-order valence-electron chi connectivity index (χ1n) is 7.84. The number of nitrogens with one attached hydrogen (secondary N) is 3. The fraction of sp³-hybridized carbons (Fsp3) is 0.533. The van der Waals surface area contributed by atoms with Crippen molar-refractivity contribution < 1.29 is 13.3 Å². The zero-order chi connectivity index (χ0) is 16.9. The van der Waals surface area contributed by atoms with Crippen molar-refractivity contribution in [3.8, 4) is 0 Å². The number of sulfonamides is 1. The lowest BCUT2D eigenvalue weighted by Gasteiger charge is -2.16. The van der Waals surface area contributed by atoms with Crippen LogP contribution in [0, 0.1) is 0 Å². The molecule has 128 valence electrons. The number of quaternary nitrogens is 1. The monoisotopic (exact) mass is 357 g/mol. The van der Waals surface area contributed by atoms with Gasteiger partial charge < -0.3 is 15.5 Å². The fourth-order valence-corrected chi connectivity index (χ4v) is 4.13. The summed E-state index contributed by atoms with van der Waals surface area (Å²) in [6.45, 7) is 2.98. The summed E-state index contributed by atoms with van der Waals surface area (Å²) in [7, 11) is 0.809. The largest absolute Gasteiger partial charge is 0.357 e. The second kappa shape index (κ2) is 8.05. The minimum atomic E-state index is -3.35. The van der Waals surface area contributed by atoms with Crippen LogP contribution in [0.5, 0.6) is 0 Å². The Balaban J connectivity index is 1.93. The first-order chi connectivity index (χ1) is 10.9. The van der Waals surface area contributed by atoms with E-state index in [9.17, 15) is 8.42 Å². The fourth-order valence-electron chi connectivity index (χ4n) is 2.39. The van der Waals surface area contributed by atoms with E-state index in [1.165, 1.54) is 4.90 Å². The van der Waals surface area contributed by atoms with Gasteiger partial charge in [0, 0.05) is 18.8 Å². The number of anilines is 1. The molecule has 0 saturated carbocycles. The summed E-state index contributed by atoms with van der Waals surface area (Å²) in [5.41, 5.74) is 0.778. The van der Waals surface area contributed by atoms with Crippen LogP contribution in [0.15, 0.2) is 29.2 Å². The molecular weight excluding hydrogens is 332 g/mol. The molecule has 1 aromatic rings. The van der Waals surface area contributed by atoms with E-state index in [4.69, 9.17) is 12.2 Å². The van der Waals surface area contributed by atoms with Crippen molar-refractivity contribution in [2.45, 2.75) is 17.7 Å². The molecule has 23 heavy (non-hydrogen) atoms. The highest BCUT2D eigenvalue weighted by Crippen LogP contribution is 2.22. The third-order valence-corrected chi connectivity index (χ3v) is 5.88. The second-order valence-corrected chi connectivity index (χ2v) is 8.32. The van der Waals surface area contributed by atoms with Crippen LogP contribution in [0.25, 0.3) is 0 Å². The van der Waals surface area contributed by atoms with Gasteiger partial charge in [0.1, 0.15) is 0 Å². The summed E-state index contributed by atoms with van der Waals surface area (Å²) < 4.78 is 26.4. The van der Waals surface area contributed by atoms with E-state index < -0.39 is 10.0 Å². The Kier molecular flexibility index (Phi) is 6.34. The number of thiocarbonyl (C=S) groups is 1. The molecule has 0 radical (unpaired) electrons. The molecule has 0 aliphatic carbocycles. The lowest BCUT2D eigenvalue weighted by Crippen LogP contribution is -3.06. The smallest absolute Gasteiger partial charge is 0.243 e. The lowest BCUT2D eigenvalue weighted by molar-refractivity contribution is -0.856. The van der Waals surface area contributed by atoms with Crippen LogP contribution in [0.4, 0.5) is 5.69 Å². The summed E-state index contributed by atoms with van der Waals surface area (Å²) in [4.78, 5) is 1.68. The molecule has 1 fully saturated rings. The van der Waals surface area contributed by atoms with Crippen molar-refractivity contribution in [2.75, 3.05) is 45.6 Å². The number of rotatable bonds is 6. The van der Waals surface area contributed by atoms with Crippen molar-refractivity contribution >= 4 is 33.0 Å². The SMILES string of the molecule is C[NH+](C)CCNC(=S)Nc1ccc(S(=O)(=O)N2CCCC2)cc1. The first kappa shape index (κ1) is 18.1. The van der Waals surface area contributed by atoms with Gasteiger partial charge in [0.2, 0.25) is 10.0 Å². The van der Waals surface area contributed by atoms with Crippen molar-refractivity contribution in [3.05, 3.63) is 24.3 Å². The van der Waals surface area contributed by atoms with Gasteiger partial charge >= 0.3 is 0 Å². The second-order valence-electron chi connectivity index (χ2n) is 5.97. The van der Waals surface area contributed by atoms with Crippen LogP contribution in [0.2, 0.25) is 0 Å². The van der Waals surface area contributed by atoms with Crippen LogP contribution < -0.4 is 15.5 Å². The predicted molar refractivity (Wildman–Crippen MR) is 96.3 cm³/mol. The van der Waals surface area contributed by atoms with E-state index in [1.807, 2.05) is 0 Å². The maximum Gasteiger partial charge on any atom is 0.243 e. The van der Waals surface area contributed by atoms with Gasteiger partial charge in [0.25, 0.3) is 0 Å². The van der Waals surface area contributed by atoms with Crippen LogP contribution >= 0.6 is 12.2 Å². The normalized spacial score (nSPS) is 15.8. The molecular formula is C15H25N4O2S2+. The van der Waals surface area contributed by atoms with Crippen molar-refractivity contribution in [1.82, 2.24) is 9.62 Å². The molecule has 1 saturated heterocycles. The standard InChI is InChI=1S/C15H24N4O2S2/c1-18(2)12-9-16-15(22)17-13-5-7-14(8-6-13)23(20,21)19-10-3-4-11-19/h5-8H,3-4,9-12H2,1-2H3,(H2,16,17,22)/p+1. The van der Waals surface area contributed by atoms with Crippen LogP contribution in [0.3, 0.4) is 0 Å². The molecule has 0 bridgehead atoms. The van der Waals surface area contributed by atoms with E-state index >= 15 is 0 Å². The van der Waals surface area contributed by atoms with Crippen LogP contribution in [-0.4, -0.2) is 58.1 Å². The summed E-state index contributed by atoms with van der Waals surface area (Å²) in [5, 5.41) is 6.73. The summed E-state index contributed by atoms with van der Waals surface area (Å²) in [6, 6.07) is 6.74.